The second-order valence-electron chi connectivity index (χ2n) is 3.40. The lowest BCUT2D eigenvalue weighted by molar-refractivity contribution is 1.19. The quantitative estimate of drug-likeness (QED) is 0.756. The van der Waals surface area contributed by atoms with E-state index in [1.807, 2.05) is 23.6 Å². The first-order chi connectivity index (χ1) is 8.08. The van der Waals surface area contributed by atoms with Crippen LogP contribution in [-0.4, -0.2) is 0 Å². The number of hydrogen-bond acceptors (Lipinski definition) is 3. The zero-order valence-corrected chi connectivity index (χ0v) is 13.4. The summed E-state index contributed by atoms with van der Waals surface area (Å²) in [6.07, 6.45) is 0. The van der Waals surface area contributed by atoms with Crippen LogP contribution in [0.5, 0.6) is 0 Å². The van der Waals surface area contributed by atoms with Crippen molar-refractivity contribution in [1.82, 2.24) is 0 Å². The summed E-state index contributed by atoms with van der Waals surface area (Å²) in [6.45, 7) is 0.697. The van der Waals surface area contributed by atoms with E-state index in [0.29, 0.717) is 11.6 Å². The van der Waals surface area contributed by atoms with Gasteiger partial charge in [0.1, 0.15) is 0 Å². The van der Waals surface area contributed by atoms with Crippen molar-refractivity contribution in [3.8, 4) is 0 Å². The van der Waals surface area contributed by atoms with Crippen molar-refractivity contribution in [3.05, 3.63) is 42.4 Å². The normalized spacial score (nSPS) is 10.5. The highest BCUT2D eigenvalue weighted by molar-refractivity contribution is 9.11. The summed E-state index contributed by atoms with van der Waals surface area (Å²) in [5, 5.41) is 6.00. The minimum atomic E-state index is 0.685. The number of anilines is 2. The van der Waals surface area contributed by atoms with Crippen LogP contribution in [0.3, 0.4) is 0 Å². The SMILES string of the molecule is Nc1ccsc1CNc1c(Br)cc(Cl)cc1Br. The smallest absolute Gasteiger partial charge is 0.0633 e. The Morgan fingerprint density at radius 2 is 1.94 bits per heavy atom. The number of nitrogen functional groups attached to an aromatic ring is 1. The minimum Gasteiger partial charge on any atom is -0.398 e. The Morgan fingerprint density at radius 1 is 1.29 bits per heavy atom. The van der Waals surface area contributed by atoms with Gasteiger partial charge in [-0.25, -0.2) is 0 Å². The largest absolute Gasteiger partial charge is 0.398 e. The predicted molar refractivity (Wildman–Crippen MR) is 82.9 cm³/mol. The summed E-state index contributed by atoms with van der Waals surface area (Å²) in [4.78, 5) is 1.12. The molecule has 6 heteroatoms. The van der Waals surface area contributed by atoms with Crippen LogP contribution < -0.4 is 11.1 Å². The van der Waals surface area contributed by atoms with Crippen molar-refractivity contribution in [2.45, 2.75) is 6.54 Å². The molecule has 0 atom stereocenters. The van der Waals surface area contributed by atoms with E-state index in [-0.39, 0.29) is 0 Å². The Balaban J connectivity index is 2.17. The number of hydrogen-bond donors (Lipinski definition) is 2. The molecule has 3 N–H and O–H groups in total. The maximum Gasteiger partial charge on any atom is 0.0633 e. The summed E-state index contributed by atoms with van der Waals surface area (Å²) >= 11 is 14.5. The van der Waals surface area contributed by atoms with Crippen LogP contribution in [0.15, 0.2) is 32.5 Å². The fraction of sp³-hybridized carbons (Fsp3) is 0.0909. The Kier molecular flexibility index (Phi) is 4.36. The number of benzene rings is 1. The third-order valence-corrected chi connectivity index (χ3v) is 4.62. The summed E-state index contributed by atoms with van der Waals surface area (Å²) in [7, 11) is 0. The molecule has 1 aromatic heterocycles. The van der Waals surface area contributed by atoms with Crippen LogP contribution in [0.25, 0.3) is 0 Å². The van der Waals surface area contributed by atoms with E-state index in [9.17, 15) is 0 Å². The van der Waals surface area contributed by atoms with Crippen molar-refractivity contribution in [3.63, 3.8) is 0 Å². The van der Waals surface area contributed by atoms with Gasteiger partial charge >= 0.3 is 0 Å². The monoisotopic (exact) mass is 394 g/mol. The summed E-state index contributed by atoms with van der Waals surface area (Å²) in [5.41, 5.74) is 7.63. The van der Waals surface area contributed by atoms with E-state index in [0.717, 1.165) is 25.2 Å². The lowest BCUT2D eigenvalue weighted by Gasteiger charge is -2.11. The van der Waals surface area contributed by atoms with Crippen molar-refractivity contribution in [2.75, 3.05) is 11.1 Å². The molecule has 2 rings (SSSR count). The molecule has 2 aromatic rings. The highest BCUT2D eigenvalue weighted by Crippen LogP contribution is 2.35. The van der Waals surface area contributed by atoms with E-state index in [2.05, 4.69) is 37.2 Å². The Bertz CT molecular complexity index is 519. The second-order valence-corrected chi connectivity index (χ2v) is 6.54. The van der Waals surface area contributed by atoms with Crippen LogP contribution in [0.1, 0.15) is 4.88 Å². The van der Waals surface area contributed by atoms with E-state index in [4.69, 9.17) is 17.3 Å². The molecule has 0 aliphatic rings. The molecule has 0 aliphatic carbocycles. The molecule has 0 unspecified atom stereocenters. The lowest BCUT2D eigenvalue weighted by Crippen LogP contribution is -2.01. The first kappa shape index (κ1) is 13.2. The first-order valence-electron chi connectivity index (χ1n) is 4.78. The molecule has 1 aromatic carbocycles. The molecule has 0 aliphatic heterocycles. The van der Waals surface area contributed by atoms with Gasteiger partial charge in [-0.2, -0.15) is 0 Å². The highest BCUT2D eigenvalue weighted by Gasteiger charge is 2.08. The molecule has 17 heavy (non-hydrogen) atoms. The summed E-state index contributed by atoms with van der Waals surface area (Å²) in [5.74, 6) is 0. The molecule has 0 radical (unpaired) electrons. The van der Waals surface area contributed by atoms with Gasteiger partial charge in [-0.3, -0.25) is 0 Å². The fourth-order valence-electron chi connectivity index (χ4n) is 1.37. The Hall–Kier alpha value is -0.230. The van der Waals surface area contributed by atoms with Crippen LogP contribution in [-0.2, 0) is 6.54 Å². The van der Waals surface area contributed by atoms with Crippen LogP contribution in [0.4, 0.5) is 11.4 Å². The van der Waals surface area contributed by atoms with Crippen LogP contribution >= 0.6 is 54.8 Å². The van der Waals surface area contributed by atoms with Gasteiger partial charge in [0, 0.05) is 24.5 Å². The molecule has 0 saturated heterocycles. The number of nitrogens with two attached hydrogens (primary N) is 1. The zero-order valence-electron chi connectivity index (χ0n) is 8.64. The van der Waals surface area contributed by atoms with Crippen molar-refractivity contribution >= 4 is 66.2 Å². The molecule has 0 bridgehead atoms. The minimum absolute atomic E-state index is 0.685. The Labute approximate surface area is 125 Å². The van der Waals surface area contributed by atoms with Crippen molar-refractivity contribution < 1.29 is 0 Å². The highest BCUT2D eigenvalue weighted by atomic mass is 79.9. The van der Waals surface area contributed by atoms with E-state index >= 15 is 0 Å². The maximum absolute atomic E-state index is 5.94. The van der Waals surface area contributed by atoms with Crippen LogP contribution in [0.2, 0.25) is 5.02 Å². The maximum atomic E-state index is 5.94. The average molecular weight is 397 g/mol. The topological polar surface area (TPSA) is 38.0 Å². The molecule has 2 nitrogen and oxygen atoms in total. The molecular weight excluding hydrogens is 387 g/mol. The molecule has 0 amide bonds. The number of nitrogens with one attached hydrogen (secondary N) is 1. The molecule has 0 fully saturated rings. The standard InChI is InChI=1S/C11H9Br2ClN2S/c12-7-3-6(14)4-8(13)11(7)16-5-10-9(15)1-2-17-10/h1-4,16H,5,15H2. The number of rotatable bonds is 3. The molecular formula is C11H9Br2ClN2S. The van der Waals surface area contributed by atoms with Gasteiger partial charge in [-0.1, -0.05) is 11.6 Å². The molecule has 1 heterocycles. The van der Waals surface area contributed by atoms with Gasteiger partial charge in [0.25, 0.3) is 0 Å². The average Bonchev–Trinajstić information content (AvgIpc) is 2.62. The molecule has 90 valence electrons. The summed E-state index contributed by atoms with van der Waals surface area (Å²) in [6, 6.07) is 5.62. The third-order valence-electron chi connectivity index (χ3n) is 2.21. The van der Waals surface area contributed by atoms with Gasteiger partial charge in [0.2, 0.25) is 0 Å². The lowest BCUT2D eigenvalue weighted by atomic mass is 10.3. The number of halogens is 3. The van der Waals surface area contributed by atoms with E-state index in [1.54, 1.807) is 11.3 Å². The predicted octanol–water partition coefficient (Wildman–Crippen LogP) is 5.12. The Morgan fingerprint density at radius 3 is 2.47 bits per heavy atom. The third kappa shape index (κ3) is 3.16. The zero-order chi connectivity index (χ0) is 12.4. The van der Waals surface area contributed by atoms with Gasteiger partial charge < -0.3 is 11.1 Å². The van der Waals surface area contributed by atoms with Crippen molar-refractivity contribution in [1.29, 1.82) is 0 Å². The van der Waals surface area contributed by atoms with Crippen molar-refractivity contribution in [2.24, 2.45) is 0 Å². The fourth-order valence-corrected chi connectivity index (χ4v) is 4.06. The van der Waals surface area contributed by atoms with Gasteiger partial charge in [-0.05, 0) is 55.4 Å². The summed E-state index contributed by atoms with van der Waals surface area (Å²) < 4.78 is 1.85. The second kappa shape index (κ2) is 5.61. The first-order valence-corrected chi connectivity index (χ1v) is 7.62. The number of thiophene rings is 1. The van der Waals surface area contributed by atoms with E-state index in [1.165, 1.54) is 0 Å². The van der Waals surface area contributed by atoms with Gasteiger partial charge in [-0.15, -0.1) is 11.3 Å². The van der Waals surface area contributed by atoms with Gasteiger partial charge in [0.05, 0.1) is 12.2 Å². The van der Waals surface area contributed by atoms with E-state index < -0.39 is 0 Å². The molecule has 0 saturated carbocycles. The van der Waals surface area contributed by atoms with Crippen LogP contribution in [0, 0.1) is 0 Å². The van der Waals surface area contributed by atoms with Gasteiger partial charge in [0.15, 0.2) is 0 Å². The molecule has 0 spiro atoms.